The van der Waals surface area contributed by atoms with Crippen molar-refractivity contribution >= 4 is 24.0 Å². The largest absolute Gasteiger partial charge is 0.487 e. The van der Waals surface area contributed by atoms with Gasteiger partial charge in [-0.1, -0.05) is 6.07 Å². The van der Waals surface area contributed by atoms with Gasteiger partial charge in [0.2, 0.25) is 5.95 Å². The minimum atomic E-state index is -4.52. The molecule has 3 aromatic heterocycles. The SMILES string of the molecule is CC(Cn1cnnn1)Oc1cc(-c2cnc(Nc3cn([C@H]4CC[C@H](N5CCOCC5)CC4)nc3OCC(F)(F)F)nc2)ccc1C#N.Cl. The normalized spacial score (nSPS) is 19.1. The molecule has 1 saturated carbocycles. The van der Waals surface area contributed by atoms with Crippen LogP contribution in [-0.4, -0.2) is 96.1 Å². The summed E-state index contributed by atoms with van der Waals surface area (Å²) in [5.41, 5.74) is 1.94. The van der Waals surface area contributed by atoms with Crippen LogP contribution in [0.5, 0.6) is 11.6 Å². The van der Waals surface area contributed by atoms with Crippen LogP contribution in [0.1, 0.15) is 44.2 Å². The van der Waals surface area contributed by atoms with E-state index >= 15 is 0 Å². The number of benzene rings is 1. The highest BCUT2D eigenvalue weighted by Gasteiger charge is 2.32. The van der Waals surface area contributed by atoms with Crippen molar-refractivity contribution in [2.24, 2.45) is 0 Å². The molecule has 2 aliphatic rings. The second-order valence-corrected chi connectivity index (χ2v) is 11.5. The average Bonchev–Trinajstić information content (AvgIpc) is 3.74. The van der Waals surface area contributed by atoms with Gasteiger partial charge in [-0.05, 0) is 60.7 Å². The van der Waals surface area contributed by atoms with Crippen LogP contribution >= 0.6 is 12.4 Å². The van der Waals surface area contributed by atoms with Crippen LogP contribution < -0.4 is 14.8 Å². The van der Waals surface area contributed by atoms with E-state index in [1.165, 1.54) is 11.0 Å². The van der Waals surface area contributed by atoms with Crippen LogP contribution in [0.25, 0.3) is 11.1 Å². The third kappa shape index (κ3) is 8.88. The second-order valence-electron chi connectivity index (χ2n) is 11.5. The van der Waals surface area contributed by atoms with Gasteiger partial charge in [0, 0.05) is 37.1 Å². The highest BCUT2D eigenvalue weighted by atomic mass is 35.5. The van der Waals surface area contributed by atoms with E-state index in [0.717, 1.165) is 52.0 Å². The first-order valence-corrected chi connectivity index (χ1v) is 15.4. The fraction of sp³-hybridized carbons (Fsp3) is 0.500. The average molecular weight is 690 g/mol. The summed E-state index contributed by atoms with van der Waals surface area (Å²) in [6.07, 6.45) is 5.04. The van der Waals surface area contributed by atoms with Crippen molar-refractivity contribution in [1.82, 2.24) is 44.9 Å². The van der Waals surface area contributed by atoms with E-state index < -0.39 is 12.8 Å². The van der Waals surface area contributed by atoms with Crippen molar-refractivity contribution in [3.8, 4) is 28.8 Å². The molecular formula is C30H35ClF3N11O3. The molecule has 1 N–H and O–H groups in total. The van der Waals surface area contributed by atoms with E-state index in [1.54, 1.807) is 41.5 Å². The molecule has 0 spiro atoms. The Morgan fingerprint density at radius 3 is 2.48 bits per heavy atom. The number of aromatic nitrogens is 8. The number of halogens is 4. The first kappa shape index (κ1) is 34.8. The summed E-state index contributed by atoms with van der Waals surface area (Å²) < 4.78 is 59.0. The molecule has 4 aromatic rings. The highest BCUT2D eigenvalue weighted by Crippen LogP contribution is 2.35. The Labute approximate surface area is 280 Å². The predicted octanol–water partition coefficient (Wildman–Crippen LogP) is 4.59. The topological polar surface area (TPSA) is 154 Å². The van der Waals surface area contributed by atoms with Crippen molar-refractivity contribution in [2.45, 2.75) is 63.5 Å². The third-order valence-electron chi connectivity index (χ3n) is 8.17. The Morgan fingerprint density at radius 2 is 1.81 bits per heavy atom. The van der Waals surface area contributed by atoms with E-state index in [4.69, 9.17) is 14.2 Å². The highest BCUT2D eigenvalue weighted by molar-refractivity contribution is 5.85. The molecule has 18 heteroatoms. The molecule has 1 saturated heterocycles. The van der Waals surface area contributed by atoms with Crippen molar-refractivity contribution in [2.75, 3.05) is 38.2 Å². The number of anilines is 2. The summed E-state index contributed by atoms with van der Waals surface area (Å²) in [6, 6.07) is 7.75. The number of hydrogen-bond acceptors (Lipinski definition) is 12. The summed E-state index contributed by atoms with van der Waals surface area (Å²) in [7, 11) is 0. The van der Waals surface area contributed by atoms with Gasteiger partial charge in [0.15, 0.2) is 6.61 Å². The molecule has 14 nitrogen and oxygen atoms in total. The van der Waals surface area contributed by atoms with E-state index in [1.807, 2.05) is 6.92 Å². The third-order valence-corrected chi connectivity index (χ3v) is 8.17. The van der Waals surface area contributed by atoms with E-state index in [-0.39, 0.29) is 42.1 Å². The van der Waals surface area contributed by atoms with Gasteiger partial charge in [0.1, 0.15) is 29.9 Å². The van der Waals surface area contributed by atoms with Crippen LogP contribution in [-0.2, 0) is 11.3 Å². The lowest BCUT2D eigenvalue weighted by atomic mass is 9.90. The van der Waals surface area contributed by atoms with E-state index in [2.05, 4.69) is 46.9 Å². The van der Waals surface area contributed by atoms with E-state index in [0.29, 0.717) is 35.0 Å². The van der Waals surface area contributed by atoms with Crippen molar-refractivity contribution < 1.29 is 27.4 Å². The molecule has 1 aliphatic carbocycles. The monoisotopic (exact) mass is 689 g/mol. The zero-order valence-corrected chi connectivity index (χ0v) is 26.9. The number of rotatable bonds is 11. The van der Waals surface area contributed by atoms with Gasteiger partial charge >= 0.3 is 6.18 Å². The van der Waals surface area contributed by atoms with Crippen molar-refractivity contribution in [1.29, 1.82) is 5.26 Å². The number of alkyl halides is 3. The van der Waals surface area contributed by atoms with Crippen molar-refractivity contribution in [3.63, 3.8) is 0 Å². The minimum Gasteiger partial charge on any atom is -0.487 e. The fourth-order valence-electron chi connectivity index (χ4n) is 5.87. The molecular weight excluding hydrogens is 655 g/mol. The molecule has 256 valence electrons. The second kappa shape index (κ2) is 15.6. The molecule has 1 unspecified atom stereocenters. The number of ether oxygens (including phenoxy) is 3. The molecule has 1 aromatic carbocycles. The van der Waals surface area contributed by atoms with Crippen molar-refractivity contribution in [3.05, 3.63) is 48.7 Å². The molecule has 2 fully saturated rings. The lowest BCUT2D eigenvalue weighted by molar-refractivity contribution is -0.154. The first-order chi connectivity index (χ1) is 22.7. The van der Waals surface area contributed by atoms with Gasteiger partial charge in [-0.25, -0.2) is 14.6 Å². The number of hydrogen-bond donors (Lipinski definition) is 1. The summed E-state index contributed by atoms with van der Waals surface area (Å²) >= 11 is 0. The Bertz CT molecular complexity index is 1650. The first-order valence-electron chi connectivity index (χ1n) is 15.4. The Hall–Kier alpha value is -4.53. The zero-order chi connectivity index (χ0) is 32.8. The molecule has 0 radical (unpaired) electrons. The summed E-state index contributed by atoms with van der Waals surface area (Å²) in [6.45, 7) is 4.06. The lowest BCUT2D eigenvalue weighted by Gasteiger charge is -2.38. The molecule has 0 bridgehead atoms. The van der Waals surface area contributed by atoms with Crippen LogP contribution in [0.3, 0.4) is 0 Å². The number of morpholine rings is 1. The molecule has 1 aliphatic heterocycles. The van der Waals surface area contributed by atoms with Gasteiger partial charge in [-0.3, -0.25) is 9.58 Å². The lowest BCUT2D eigenvalue weighted by Crippen LogP contribution is -2.45. The van der Waals surface area contributed by atoms with Crippen LogP contribution in [0.15, 0.2) is 43.1 Å². The van der Waals surface area contributed by atoms with Gasteiger partial charge in [-0.2, -0.15) is 18.4 Å². The number of nitrogens with one attached hydrogen (secondary N) is 1. The minimum absolute atomic E-state index is 0. The van der Waals surface area contributed by atoms with Crippen LogP contribution in [0, 0.1) is 11.3 Å². The van der Waals surface area contributed by atoms with E-state index in [9.17, 15) is 18.4 Å². The maximum Gasteiger partial charge on any atom is 0.422 e. The van der Waals surface area contributed by atoms with Crippen LogP contribution in [0.4, 0.5) is 24.8 Å². The standard InChI is InChI=1S/C30H34F3N11O3.ClH/c1-20(16-43-19-37-40-41-43)47-27-12-21(2-3-22(27)13-34)23-14-35-29(36-15-23)38-26-17-44(39-28(26)46-18-30(31,32)33)25-6-4-24(5-7-25)42-8-10-45-11-9-42;/h2-3,12,14-15,17,19-20,24-25H,4-11,16,18H2,1H3,(H,35,36,38);1H/t20?,24-,25-;. The zero-order valence-electron chi connectivity index (χ0n) is 26.1. The number of nitrogens with zero attached hydrogens (tertiary/aromatic N) is 10. The van der Waals surface area contributed by atoms with Gasteiger partial charge in [-0.15, -0.1) is 22.6 Å². The van der Waals surface area contributed by atoms with Gasteiger partial charge < -0.3 is 19.5 Å². The summed E-state index contributed by atoms with van der Waals surface area (Å²) in [5, 5.41) is 28.0. The smallest absolute Gasteiger partial charge is 0.422 e. The number of tetrazole rings is 1. The Balaban J connectivity index is 0.00000451. The molecule has 6 rings (SSSR count). The van der Waals surface area contributed by atoms with Gasteiger partial charge in [0.05, 0.1) is 37.6 Å². The molecule has 0 amide bonds. The van der Waals surface area contributed by atoms with Crippen LogP contribution in [0.2, 0.25) is 0 Å². The maximum absolute atomic E-state index is 13.1. The Morgan fingerprint density at radius 1 is 1.08 bits per heavy atom. The fourth-order valence-corrected chi connectivity index (χ4v) is 5.87. The Kier molecular flexibility index (Phi) is 11.3. The summed E-state index contributed by atoms with van der Waals surface area (Å²) in [5.74, 6) is 0.363. The molecule has 4 heterocycles. The summed E-state index contributed by atoms with van der Waals surface area (Å²) in [4.78, 5) is 11.2. The quantitative estimate of drug-likeness (QED) is 0.234. The molecule has 48 heavy (non-hydrogen) atoms. The molecule has 1 atom stereocenters. The maximum atomic E-state index is 13.1. The predicted molar refractivity (Wildman–Crippen MR) is 168 cm³/mol. The number of nitriles is 1. The van der Waals surface area contributed by atoms with Gasteiger partial charge in [0.25, 0.3) is 5.88 Å².